The van der Waals surface area contributed by atoms with Gasteiger partial charge in [-0.25, -0.2) is 0 Å². The highest BCUT2D eigenvalue weighted by Crippen LogP contribution is 2.40. The van der Waals surface area contributed by atoms with E-state index >= 15 is 0 Å². The van der Waals surface area contributed by atoms with Gasteiger partial charge in [0.05, 0.1) is 13.2 Å². The normalized spacial score (nSPS) is 20.0. The first kappa shape index (κ1) is 19.8. The summed E-state index contributed by atoms with van der Waals surface area (Å²) in [5, 5.41) is 3.01. The van der Waals surface area contributed by atoms with Gasteiger partial charge in [-0.15, -0.1) is 0 Å². The molecule has 6 nitrogen and oxygen atoms in total. The van der Waals surface area contributed by atoms with Gasteiger partial charge in [-0.1, -0.05) is 30.3 Å². The minimum absolute atomic E-state index is 0.0790. The van der Waals surface area contributed by atoms with Crippen LogP contribution < -0.4 is 5.32 Å². The number of likely N-dealkylation sites (tertiary alicyclic amines) is 2. The molecule has 0 radical (unpaired) electrons. The minimum Gasteiger partial charge on any atom is -0.383 e. The fraction of sp³-hybridized carbons (Fsp3) is 0.619. The third-order valence-electron chi connectivity index (χ3n) is 5.93. The molecule has 1 aromatic rings. The molecule has 2 aliphatic rings. The van der Waals surface area contributed by atoms with Crippen molar-refractivity contribution in [1.82, 2.24) is 15.1 Å². The number of carbonyl (C=O) groups excluding carboxylic acids is 2. The van der Waals surface area contributed by atoms with Gasteiger partial charge in [0.15, 0.2) is 0 Å². The van der Waals surface area contributed by atoms with E-state index in [1.807, 2.05) is 35.2 Å². The Kier molecular flexibility index (Phi) is 6.85. The van der Waals surface area contributed by atoms with Crippen molar-refractivity contribution in [1.29, 1.82) is 0 Å². The van der Waals surface area contributed by atoms with Gasteiger partial charge in [0.2, 0.25) is 11.8 Å². The fourth-order valence-corrected chi connectivity index (χ4v) is 4.16. The molecule has 0 saturated carbocycles. The van der Waals surface area contributed by atoms with E-state index in [1.54, 1.807) is 7.11 Å². The number of hydrogen-bond acceptors (Lipinski definition) is 4. The molecule has 1 N–H and O–H groups in total. The summed E-state index contributed by atoms with van der Waals surface area (Å²) in [6.07, 6.45) is 3.72. The highest BCUT2D eigenvalue weighted by molar-refractivity contribution is 5.78. The molecule has 2 fully saturated rings. The molecule has 1 aromatic carbocycles. The molecular formula is C21H31N3O3. The summed E-state index contributed by atoms with van der Waals surface area (Å²) in [5.74, 6) is 0.329. The molecule has 2 heterocycles. The predicted molar refractivity (Wildman–Crippen MR) is 104 cm³/mol. The Morgan fingerprint density at radius 2 is 1.93 bits per heavy atom. The third kappa shape index (κ3) is 5.53. The van der Waals surface area contributed by atoms with E-state index in [1.165, 1.54) is 0 Å². The van der Waals surface area contributed by atoms with Gasteiger partial charge in [0.25, 0.3) is 0 Å². The zero-order valence-corrected chi connectivity index (χ0v) is 16.3. The molecule has 2 amide bonds. The molecule has 148 valence electrons. The van der Waals surface area contributed by atoms with Crippen LogP contribution in [0.4, 0.5) is 0 Å². The Balaban J connectivity index is 1.43. The van der Waals surface area contributed by atoms with Crippen LogP contribution in [0.2, 0.25) is 0 Å². The van der Waals surface area contributed by atoms with E-state index in [0.717, 1.165) is 44.5 Å². The molecule has 0 aromatic heterocycles. The molecule has 27 heavy (non-hydrogen) atoms. The molecular weight excluding hydrogens is 342 g/mol. The molecule has 2 aliphatic heterocycles. The van der Waals surface area contributed by atoms with Crippen LogP contribution in [-0.2, 0) is 20.9 Å². The molecule has 1 spiro atoms. The molecule has 3 rings (SSSR count). The Morgan fingerprint density at radius 3 is 2.63 bits per heavy atom. The van der Waals surface area contributed by atoms with Crippen molar-refractivity contribution < 1.29 is 14.3 Å². The maximum Gasteiger partial charge on any atom is 0.234 e. The van der Waals surface area contributed by atoms with Gasteiger partial charge in [-0.3, -0.25) is 14.5 Å². The molecule has 0 bridgehead atoms. The van der Waals surface area contributed by atoms with Crippen molar-refractivity contribution in [2.24, 2.45) is 5.41 Å². The lowest BCUT2D eigenvalue weighted by atomic mass is 9.72. The van der Waals surface area contributed by atoms with E-state index in [4.69, 9.17) is 4.74 Å². The van der Waals surface area contributed by atoms with E-state index < -0.39 is 0 Å². The second kappa shape index (κ2) is 9.33. The molecule has 0 atom stereocenters. The van der Waals surface area contributed by atoms with Crippen LogP contribution in [0.15, 0.2) is 30.3 Å². The summed E-state index contributed by atoms with van der Waals surface area (Å²) < 4.78 is 5.14. The summed E-state index contributed by atoms with van der Waals surface area (Å²) in [6, 6.07) is 9.98. The molecule has 0 unspecified atom stereocenters. The first-order valence-electron chi connectivity index (χ1n) is 9.90. The maximum atomic E-state index is 12.2. The zero-order chi connectivity index (χ0) is 19.1. The lowest BCUT2D eigenvalue weighted by Gasteiger charge is -2.47. The summed E-state index contributed by atoms with van der Waals surface area (Å²) in [4.78, 5) is 28.6. The van der Waals surface area contributed by atoms with Gasteiger partial charge < -0.3 is 15.0 Å². The Hall–Kier alpha value is -1.92. The number of benzene rings is 1. The number of piperidine rings is 2. The van der Waals surface area contributed by atoms with E-state index in [-0.39, 0.29) is 17.2 Å². The maximum absolute atomic E-state index is 12.2. The lowest BCUT2D eigenvalue weighted by molar-refractivity contribution is -0.140. The van der Waals surface area contributed by atoms with Crippen molar-refractivity contribution in [3.05, 3.63) is 35.9 Å². The van der Waals surface area contributed by atoms with Gasteiger partial charge in [-0.05, 0) is 43.3 Å². The second-order valence-electron chi connectivity index (χ2n) is 7.85. The fourth-order valence-electron chi connectivity index (χ4n) is 4.16. The monoisotopic (exact) mass is 373 g/mol. The van der Waals surface area contributed by atoms with Gasteiger partial charge in [0, 0.05) is 33.2 Å². The SMILES string of the molecule is COCCN1CC2(CCC1=O)CCN(CC(=O)NCc1ccccc1)CC2. The summed E-state index contributed by atoms with van der Waals surface area (Å²) >= 11 is 0. The highest BCUT2D eigenvalue weighted by Gasteiger charge is 2.40. The van der Waals surface area contributed by atoms with Crippen LogP contribution in [0.3, 0.4) is 0 Å². The summed E-state index contributed by atoms with van der Waals surface area (Å²) in [5.41, 5.74) is 1.34. The first-order chi connectivity index (χ1) is 13.1. The van der Waals surface area contributed by atoms with E-state index in [0.29, 0.717) is 32.7 Å². The molecule has 0 aliphatic carbocycles. The van der Waals surface area contributed by atoms with Crippen LogP contribution in [0, 0.1) is 5.41 Å². The number of nitrogens with one attached hydrogen (secondary N) is 1. The number of carbonyl (C=O) groups is 2. The van der Waals surface area contributed by atoms with E-state index in [9.17, 15) is 9.59 Å². The second-order valence-corrected chi connectivity index (χ2v) is 7.85. The highest BCUT2D eigenvalue weighted by atomic mass is 16.5. The van der Waals surface area contributed by atoms with Crippen molar-refractivity contribution in [3.8, 4) is 0 Å². The summed E-state index contributed by atoms with van der Waals surface area (Å²) in [7, 11) is 1.67. The van der Waals surface area contributed by atoms with Crippen LogP contribution in [0.1, 0.15) is 31.2 Å². The Bertz CT molecular complexity index is 627. The van der Waals surface area contributed by atoms with Crippen molar-refractivity contribution in [3.63, 3.8) is 0 Å². The topological polar surface area (TPSA) is 61.9 Å². The lowest BCUT2D eigenvalue weighted by Crippen LogP contribution is -2.53. The Labute approximate surface area is 161 Å². The van der Waals surface area contributed by atoms with Crippen LogP contribution >= 0.6 is 0 Å². The number of rotatable bonds is 7. The number of amides is 2. The van der Waals surface area contributed by atoms with Crippen molar-refractivity contribution >= 4 is 11.8 Å². The van der Waals surface area contributed by atoms with Crippen molar-refractivity contribution in [2.45, 2.75) is 32.2 Å². The van der Waals surface area contributed by atoms with Crippen LogP contribution in [-0.4, -0.2) is 68.1 Å². The van der Waals surface area contributed by atoms with Crippen LogP contribution in [0.25, 0.3) is 0 Å². The molecule has 6 heteroatoms. The number of ether oxygens (including phenoxy) is 1. The van der Waals surface area contributed by atoms with Crippen LogP contribution in [0.5, 0.6) is 0 Å². The van der Waals surface area contributed by atoms with E-state index in [2.05, 4.69) is 10.2 Å². The average Bonchev–Trinajstić information content (AvgIpc) is 2.70. The van der Waals surface area contributed by atoms with Gasteiger partial charge in [-0.2, -0.15) is 0 Å². The largest absolute Gasteiger partial charge is 0.383 e. The smallest absolute Gasteiger partial charge is 0.234 e. The predicted octanol–water partition coefficient (Wildman–Crippen LogP) is 1.65. The van der Waals surface area contributed by atoms with Gasteiger partial charge >= 0.3 is 0 Å². The quantitative estimate of drug-likeness (QED) is 0.790. The average molecular weight is 373 g/mol. The number of nitrogens with zero attached hydrogens (tertiary/aromatic N) is 2. The first-order valence-corrected chi connectivity index (χ1v) is 9.90. The zero-order valence-electron chi connectivity index (χ0n) is 16.3. The molecule has 2 saturated heterocycles. The van der Waals surface area contributed by atoms with Gasteiger partial charge in [0.1, 0.15) is 0 Å². The standard InChI is InChI=1S/C21H31N3O3/c1-27-14-13-24-17-21(8-7-20(24)26)9-11-23(12-10-21)16-19(25)22-15-18-5-3-2-4-6-18/h2-6H,7-17H2,1H3,(H,22,25). The third-order valence-corrected chi connectivity index (χ3v) is 5.93. The summed E-state index contributed by atoms with van der Waals surface area (Å²) in [6.45, 7) is 4.99. The number of methoxy groups -OCH3 is 1. The minimum atomic E-state index is 0.0790. The Morgan fingerprint density at radius 1 is 1.19 bits per heavy atom. The number of hydrogen-bond donors (Lipinski definition) is 1. The van der Waals surface area contributed by atoms with Crippen molar-refractivity contribution in [2.75, 3.05) is 46.4 Å².